The first-order valence-corrected chi connectivity index (χ1v) is 32.3. The topological polar surface area (TPSA) is 202 Å². The van der Waals surface area contributed by atoms with Crippen LogP contribution in [0.3, 0.4) is 0 Å². The summed E-state index contributed by atoms with van der Waals surface area (Å²) in [5.74, 6) is -4.89. The highest BCUT2D eigenvalue weighted by Gasteiger charge is 2.79. The van der Waals surface area contributed by atoms with Crippen molar-refractivity contribution in [2.75, 3.05) is 6.61 Å². The molecule has 1 aliphatic heterocycles. The van der Waals surface area contributed by atoms with Crippen molar-refractivity contribution in [3.8, 4) is 0 Å². The van der Waals surface area contributed by atoms with Crippen LogP contribution in [0.2, 0.25) is 36.3 Å². The van der Waals surface area contributed by atoms with Crippen molar-refractivity contribution < 1.29 is 66.7 Å². The first kappa shape index (κ1) is 58.7. The monoisotopic (exact) mass is 1080 g/mol. The fourth-order valence-electron chi connectivity index (χ4n) is 12.5. The second-order valence-corrected chi connectivity index (χ2v) is 33.2. The van der Waals surface area contributed by atoms with Crippen LogP contribution in [0.1, 0.15) is 128 Å². The van der Waals surface area contributed by atoms with Gasteiger partial charge in [-0.15, -0.1) is 0 Å². The zero-order valence-electron chi connectivity index (χ0n) is 46.9. The quantitative estimate of drug-likeness (QED) is 0.0499. The molecule has 3 aromatic carbocycles. The molecule has 0 spiro atoms. The first-order chi connectivity index (χ1) is 35.6. The van der Waals surface area contributed by atoms with E-state index in [2.05, 4.69) is 26.1 Å². The highest BCUT2D eigenvalue weighted by atomic mass is 28.4. The molecule has 2 bridgehead atoms. The lowest BCUT2D eigenvalue weighted by Crippen LogP contribution is -2.83. The smallest absolute Gasteiger partial charge is 0.338 e. The third-order valence-electron chi connectivity index (χ3n) is 18.2. The van der Waals surface area contributed by atoms with Crippen molar-refractivity contribution in [3.05, 3.63) is 119 Å². The number of carbonyl (C=O) groups excluding carboxylic acids is 5. The van der Waals surface area contributed by atoms with E-state index in [1.807, 2.05) is 39.9 Å². The summed E-state index contributed by atoms with van der Waals surface area (Å²) >= 11 is 0. The number of nitrogens with one attached hydrogen (secondary N) is 1. The number of hydrogen-bond acceptors (Lipinski definition) is 14. The van der Waals surface area contributed by atoms with Crippen LogP contribution in [0.5, 0.6) is 0 Å². The summed E-state index contributed by atoms with van der Waals surface area (Å²) in [5, 5.41) is 30.9. The van der Waals surface area contributed by atoms with E-state index in [9.17, 15) is 29.4 Å². The van der Waals surface area contributed by atoms with Gasteiger partial charge in [-0.05, 0) is 84.2 Å². The van der Waals surface area contributed by atoms with Crippen LogP contribution in [0.4, 0.5) is 0 Å². The van der Waals surface area contributed by atoms with Gasteiger partial charge in [0.1, 0.15) is 30.0 Å². The molecule has 414 valence electrons. The molecule has 0 radical (unpaired) electrons. The van der Waals surface area contributed by atoms with Gasteiger partial charge < -0.3 is 48.1 Å². The van der Waals surface area contributed by atoms with Gasteiger partial charge in [0.15, 0.2) is 34.4 Å². The molecule has 0 aromatic heterocycles. The largest absolute Gasteiger partial charge is 0.456 e. The minimum atomic E-state index is -2.93. The average molecular weight is 1080 g/mol. The molecule has 7 rings (SSSR count). The zero-order valence-corrected chi connectivity index (χ0v) is 48.9. The molecular weight excluding hydrogens is 1000 g/mol. The molecule has 76 heavy (non-hydrogen) atoms. The maximum atomic E-state index is 15.7. The number of fused-ring (bicyclic) bond motifs is 5. The summed E-state index contributed by atoms with van der Waals surface area (Å²) < 4.78 is 47.3. The lowest BCUT2D eigenvalue weighted by molar-refractivity contribution is -0.363. The molecule has 17 heteroatoms. The predicted molar refractivity (Wildman–Crippen MR) is 291 cm³/mol. The number of rotatable bonds is 17. The molecule has 3 aromatic rings. The van der Waals surface area contributed by atoms with Crippen LogP contribution in [0.15, 0.2) is 102 Å². The Morgan fingerprint density at radius 3 is 1.86 bits per heavy atom. The number of aliphatic hydroxyl groups is 2. The van der Waals surface area contributed by atoms with Gasteiger partial charge in [-0.25, -0.2) is 9.59 Å². The maximum absolute atomic E-state index is 15.7. The average Bonchev–Trinajstić information content (AvgIpc) is 3.54. The maximum Gasteiger partial charge on any atom is 0.338 e. The van der Waals surface area contributed by atoms with Crippen LogP contribution >= 0.6 is 0 Å². The van der Waals surface area contributed by atoms with Gasteiger partial charge in [0.2, 0.25) is 0 Å². The number of carbonyl (C=O) groups is 5. The molecule has 15 nitrogen and oxygen atoms in total. The van der Waals surface area contributed by atoms with Gasteiger partial charge in [-0.2, -0.15) is 0 Å². The summed E-state index contributed by atoms with van der Waals surface area (Å²) in [6, 6.07) is 27.0. The van der Waals surface area contributed by atoms with Gasteiger partial charge in [0.25, 0.3) is 5.91 Å². The number of ether oxygens (including phenoxy) is 5. The molecule has 0 unspecified atom stereocenters. The molecule has 3 fully saturated rings. The van der Waals surface area contributed by atoms with Crippen LogP contribution in [-0.4, -0.2) is 117 Å². The molecule has 1 amide bonds. The Morgan fingerprint density at radius 1 is 0.803 bits per heavy atom. The number of amides is 1. The fourth-order valence-corrected chi connectivity index (χ4v) is 16.7. The lowest BCUT2D eigenvalue weighted by Gasteiger charge is -2.70. The van der Waals surface area contributed by atoms with E-state index < -0.39 is 135 Å². The van der Waals surface area contributed by atoms with Crippen molar-refractivity contribution in [2.45, 2.75) is 192 Å². The Kier molecular flexibility index (Phi) is 17.0. The summed E-state index contributed by atoms with van der Waals surface area (Å²) in [5.41, 5.74) is -5.45. The minimum Gasteiger partial charge on any atom is -0.456 e. The summed E-state index contributed by atoms with van der Waals surface area (Å²) in [6.07, 6.45) is -9.70. The van der Waals surface area contributed by atoms with E-state index in [1.165, 1.54) is 13.8 Å². The first-order valence-electron chi connectivity index (χ1n) is 26.9. The van der Waals surface area contributed by atoms with Gasteiger partial charge in [-0.3, -0.25) is 14.4 Å². The lowest BCUT2D eigenvalue weighted by atomic mass is 9.44. The van der Waals surface area contributed by atoms with Gasteiger partial charge in [0, 0.05) is 43.1 Å². The molecule has 1 saturated heterocycles. The highest BCUT2D eigenvalue weighted by molar-refractivity contribution is 6.74. The molecule has 4 aliphatic rings. The van der Waals surface area contributed by atoms with E-state index in [0.717, 1.165) is 18.1 Å². The minimum absolute atomic E-state index is 0.150. The Labute approximate surface area is 451 Å². The zero-order chi connectivity index (χ0) is 56.0. The number of hydrogen-bond donors (Lipinski definition) is 3. The number of aliphatic hydroxyl groups excluding tert-OH is 1. The second-order valence-electron chi connectivity index (χ2n) is 23.7. The summed E-state index contributed by atoms with van der Waals surface area (Å²) in [4.78, 5) is 72.1. The molecule has 3 N–H and O–H groups in total. The van der Waals surface area contributed by atoms with Crippen molar-refractivity contribution in [1.29, 1.82) is 0 Å². The molecule has 1 heterocycles. The Morgan fingerprint density at radius 2 is 1.36 bits per heavy atom. The summed E-state index contributed by atoms with van der Waals surface area (Å²) in [7, 11) is -5.54. The van der Waals surface area contributed by atoms with Crippen LogP contribution in [-0.2, 0) is 46.9 Å². The Balaban J connectivity index is 1.49. The molecular formula is C59H81NO14Si2. The summed E-state index contributed by atoms with van der Waals surface area (Å²) in [6.45, 7) is 25.6. The van der Waals surface area contributed by atoms with Gasteiger partial charge in [0.05, 0.1) is 30.2 Å². The van der Waals surface area contributed by atoms with E-state index >= 15 is 4.79 Å². The van der Waals surface area contributed by atoms with Gasteiger partial charge in [-0.1, -0.05) is 129 Å². The molecule has 12 atom stereocenters. The van der Waals surface area contributed by atoms with E-state index in [1.54, 1.807) is 113 Å². The van der Waals surface area contributed by atoms with E-state index in [-0.39, 0.29) is 24.2 Å². The standard InChI is InChI=1S/C59H81NO14Si2/c1-15-76(16-2,17-3)73-43-33-44-58(35-68-44,72-38(6)62)49-51(71-53(65)41-31-25-20-26-32-41)59(67)34-42(36(4)45(56(59,10)11)47(69-37(5)61)50(63)57(43,49)12)70-54(66)48(74-75(13,14)55(7,8)9)46(39-27-21-18-22-28-39)60-52(64)40-29-23-19-24-30-40/h18-32,42-44,46-51,63,67H,15-17,33-35H2,1-14H3,(H,60,64)/t42-,43-,44+,46-,47-,48+,49-,50-,51-,57+,58-,59+/m0/s1. The second kappa shape index (κ2) is 22.0. The van der Waals surface area contributed by atoms with Crippen molar-refractivity contribution in [2.24, 2.45) is 16.7 Å². The van der Waals surface area contributed by atoms with E-state index in [0.29, 0.717) is 16.7 Å². The third-order valence-corrected chi connectivity index (χ3v) is 27.3. The third kappa shape index (κ3) is 10.5. The molecule has 3 aliphatic carbocycles. The van der Waals surface area contributed by atoms with Crippen molar-refractivity contribution in [3.63, 3.8) is 0 Å². The Hall–Kier alpha value is -5.02. The number of esters is 4. The van der Waals surface area contributed by atoms with Crippen LogP contribution in [0, 0.1) is 16.7 Å². The normalized spacial score (nSPS) is 29.9. The van der Waals surface area contributed by atoms with Crippen LogP contribution < -0.4 is 5.32 Å². The van der Waals surface area contributed by atoms with Crippen molar-refractivity contribution >= 4 is 46.4 Å². The Bertz CT molecular complexity index is 2630. The number of benzene rings is 3. The van der Waals surface area contributed by atoms with E-state index in [4.69, 9.17) is 32.5 Å². The molecule has 2 saturated carbocycles. The van der Waals surface area contributed by atoms with Crippen LogP contribution in [0.25, 0.3) is 0 Å². The van der Waals surface area contributed by atoms with Gasteiger partial charge >= 0.3 is 23.9 Å². The fraction of sp³-hybridized carbons (Fsp3) is 0.576. The van der Waals surface area contributed by atoms with Crippen molar-refractivity contribution in [1.82, 2.24) is 5.32 Å². The SMILES string of the molecule is CC[Si](CC)(CC)O[C@H]1C[C@H]2OC[C@@]2(OC(C)=O)[C@H]2[C@H](OC(=O)c3ccccc3)[C@]3(O)C[C@H](OC(=O)[C@H](O[Si](C)(C)C(C)(C)C)[C@@H](NC(=O)c4ccccc4)c4ccccc4)C(C)=C([C@H](OC(C)=O)[C@H](O)[C@]12C)C3(C)C. The highest BCUT2D eigenvalue weighted by Crippen LogP contribution is 2.66. The predicted octanol–water partition coefficient (Wildman–Crippen LogP) is 9.59.